The highest BCUT2D eigenvalue weighted by Crippen LogP contribution is 2.30. The summed E-state index contributed by atoms with van der Waals surface area (Å²) >= 11 is 0. The van der Waals surface area contributed by atoms with Crippen molar-refractivity contribution >= 4 is 5.91 Å². The molecule has 1 aliphatic heterocycles. The van der Waals surface area contributed by atoms with Gasteiger partial charge in [0.25, 0.3) is 0 Å². The Bertz CT molecular complexity index is 478. The van der Waals surface area contributed by atoms with Crippen LogP contribution in [-0.4, -0.2) is 24.1 Å². The van der Waals surface area contributed by atoms with Crippen LogP contribution in [0, 0.1) is 5.41 Å². The fourth-order valence-electron chi connectivity index (χ4n) is 2.09. The maximum Gasteiger partial charge on any atom is 0.227 e. The molecule has 0 saturated heterocycles. The van der Waals surface area contributed by atoms with Crippen molar-refractivity contribution in [2.75, 3.05) is 6.54 Å². The minimum absolute atomic E-state index is 0.00744. The molecule has 4 heteroatoms. The van der Waals surface area contributed by atoms with E-state index in [4.69, 9.17) is 10.5 Å². The van der Waals surface area contributed by atoms with Gasteiger partial charge in [0.05, 0.1) is 12.0 Å². The van der Waals surface area contributed by atoms with E-state index in [1.807, 2.05) is 45.9 Å². The van der Waals surface area contributed by atoms with E-state index in [0.717, 1.165) is 12.2 Å². The molecule has 110 valence electrons. The smallest absolute Gasteiger partial charge is 0.227 e. The standard InChI is InChI=1S/C16H24N2O2/c1-15(2,16(3,4)17)14(19)18-10-12-9-11-7-5-6-8-13(11)20-12/h5-8,12H,9-10,17H2,1-4H3,(H,18,19). The first-order valence-corrected chi connectivity index (χ1v) is 7.03. The average molecular weight is 276 g/mol. The molecular weight excluding hydrogens is 252 g/mol. The normalized spacial score (nSPS) is 18.4. The molecule has 1 aromatic rings. The van der Waals surface area contributed by atoms with E-state index in [9.17, 15) is 4.79 Å². The Morgan fingerprint density at radius 1 is 1.35 bits per heavy atom. The number of para-hydroxylation sites is 1. The van der Waals surface area contributed by atoms with Crippen LogP contribution in [0.3, 0.4) is 0 Å². The second kappa shape index (κ2) is 5.09. The lowest BCUT2D eigenvalue weighted by molar-refractivity contribution is -0.132. The molecule has 1 aliphatic rings. The third-order valence-corrected chi connectivity index (χ3v) is 4.38. The van der Waals surface area contributed by atoms with Gasteiger partial charge in [-0.1, -0.05) is 18.2 Å². The highest BCUT2D eigenvalue weighted by molar-refractivity contribution is 5.83. The minimum Gasteiger partial charge on any atom is -0.488 e. The molecule has 2 rings (SSSR count). The molecule has 4 nitrogen and oxygen atoms in total. The number of amides is 1. The van der Waals surface area contributed by atoms with Crippen molar-refractivity contribution in [3.8, 4) is 5.75 Å². The summed E-state index contributed by atoms with van der Waals surface area (Å²) in [4.78, 5) is 12.3. The molecule has 0 aromatic heterocycles. The van der Waals surface area contributed by atoms with Gasteiger partial charge in [-0.15, -0.1) is 0 Å². The van der Waals surface area contributed by atoms with Crippen LogP contribution in [0.25, 0.3) is 0 Å². The predicted molar refractivity (Wildman–Crippen MR) is 79.6 cm³/mol. The monoisotopic (exact) mass is 276 g/mol. The highest BCUT2D eigenvalue weighted by Gasteiger charge is 2.40. The van der Waals surface area contributed by atoms with Gasteiger partial charge in [-0.05, 0) is 39.3 Å². The zero-order valence-electron chi connectivity index (χ0n) is 12.7. The first-order chi connectivity index (χ1) is 9.22. The lowest BCUT2D eigenvalue weighted by Crippen LogP contribution is -2.56. The largest absolute Gasteiger partial charge is 0.488 e. The van der Waals surface area contributed by atoms with E-state index < -0.39 is 11.0 Å². The summed E-state index contributed by atoms with van der Waals surface area (Å²) in [6, 6.07) is 7.98. The van der Waals surface area contributed by atoms with Crippen molar-refractivity contribution in [2.24, 2.45) is 11.1 Å². The summed E-state index contributed by atoms with van der Waals surface area (Å²) in [5.41, 5.74) is 6.07. The van der Waals surface area contributed by atoms with Gasteiger partial charge < -0.3 is 15.8 Å². The Hall–Kier alpha value is -1.55. The zero-order valence-corrected chi connectivity index (χ0v) is 12.7. The van der Waals surface area contributed by atoms with Gasteiger partial charge in [-0.25, -0.2) is 0 Å². The maximum atomic E-state index is 12.3. The second-order valence-corrected chi connectivity index (χ2v) is 6.61. The third-order valence-electron chi connectivity index (χ3n) is 4.38. The maximum absolute atomic E-state index is 12.3. The molecular formula is C16H24N2O2. The number of carbonyl (C=O) groups is 1. The molecule has 0 saturated carbocycles. The lowest BCUT2D eigenvalue weighted by atomic mass is 9.74. The van der Waals surface area contributed by atoms with Gasteiger partial charge in [0, 0.05) is 12.0 Å². The van der Waals surface area contributed by atoms with Gasteiger partial charge in [0.2, 0.25) is 5.91 Å². The summed E-state index contributed by atoms with van der Waals surface area (Å²) in [6.07, 6.45) is 0.844. The predicted octanol–water partition coefficient (Wildman–Crippen LogP) is 1.87. The number of hydrogen-bond donors (Lipinski definition) is 2. The van der Waals surface area contributed by atoms with E-state index >= 15 is 0 Å². The van der Waals surface area contributed by atoms with Crippen LogP contribution in [0.15, 0.2) is 24.3 Å². The molecule has 1 unspecified atom stereocenters. The van der Waals surface area contributed by atoms with Crippen LogP contribution in [0.5, 0.6) is 5.75 Å². The van der Waals surface area contributed by atoms with Crippen molar-refractivity contribution < 1.29 is 9.53 Å². The Kier molecular flexibility index (Phi) is 3.78. The summed E-state index contributed by atoms with van der Waals surface area (Å²) < 4.78 is 5.81. The molecule has 20 heavy (non-hydrogen) atoms. The summed E-state index contributed by atoms with van der Waals surface area (Å²) in [7, 11) is 0. The van der Waals surface area contributed by atoms with Crippen molar-refractivity contribution in [3.05, 3.63) is 29.8 Å². The molecule has 1 amide bonds. The minimum atomic E-state index is -0.627. The van der Waals surface area contributed by atoms with Crippen LogP contribution in [-0.2, 0) is 11.2 Å². The quantitative estimate of drug-likeness (QED) is 0.882. The topological polar surface area (TPSA) is 64.4 Å². The molecule has 0 fully saturated rings. The summed E-state index contributed by atoms with van der Waals surface area (Å²) in [6.45, 7) is 7.98. The number of nitrogens with two attached hydrogens (primary N) is 1. The van der Waals surface area contributed by atoms with Gasteiger partial charge in [-0.2, -0.15) is 0 Å². The van der Waals surface area contributed by atoms with Gasteiger partial charge in [-0.3, -0.25) is 4.79 Å². The summed E-state index contributed by atoms with van der Waals surface area (Å²) in [5, 5.41) is 2.96. The van der Waals surface area contributed by atoms with Crippen LogP contribution in [0.2, 0.25) is 0 Å². The first kappa shape index (κ1) is 14.9. The molecule has 0 radical (unpaired) electrons. The van der Waals surface area contributed by atoms with Crippen LogP contribution in [0.1, 0.15) is 33.3 Å². The number of nitrogens with one attached hydrogen (secondary N) is 1. The molecule has 1 atom stereocenters. The first-order valence-electron chi connectivity index (χ1n) is 7.03. The van der Waals surface area contributed by atoms with Crippen molar-refractivity contribution in [2.45, 2.75) is 45.8 Å². The van der Waals surface area contributed by atoms with Gasteiger partial charge >= 0.3 is 0 Å². The molecule has 3 N–H and O–H groups in total. The fraction of sp³-hybridized carbons (Fsp3) is 0.562. The number of hydrogen-bond acceptors (Lipinski definition) is 3. The van der Waals surface area contributed by atoms with E-state index in [1.165, 1.54) is 5.56 Å². The van der Waals surface area contributed by atoms with E-state index in [0.29, 0.717) is 6.54 Å². The van der Waals surface area contributed by atoms with Gasteiger partial charge in [0.15, 0.2) is 0 Å². The second-order valence-electron chi connectivity index (χ2n) is 6.61. The Morgan fingerprint density at radius 2 is 2.00 bits per heavy atom. The molecule has 0 spiro atoms. The number of benzene rings is 1. The van der Waals surface area contributed by atoms with E-state index in [1.54, 1.807) is 0 Å². The Morgan fingerprint density at radius 3 is 2.60 bits per heavy atom. The molecule has 1 aromatic carbocycles. The number of fused-ring (bicyclic) bond motifs is 1. The van der Waals surface area contributed by atoms with Crippen molar-refractivity contribution in [1.82, 2.24) is 5.32 Å². The van der Waals surface area contributed by atoms with Gasteiger partial charge in [0.1, 0.15) is 11.9 Å². The third kappa shape index (κ3) is 2.80. The zero-order chi connectivity index (χ0) is 15.0. The van der Waals surface area contributed by atoms with Crippen LogP contribution in [0.4, 0.5) is 0 Å². The SMILES string of the molecule is CC(C)(N)C(C)(C)C(=O)NCC1Cc2ccccc2O1. The number of carbonyl (C=O) groups excluding carboxylic acids is 1. The number of ether oxygens (including phenoxy) is 1. The number of rotatable bonds is 4. The van der Waals surface area contributed by atoms with Crippen LogP contribution < -0.4 is 15.8 Å². The average Bonchev–Trinajstić information content (AvgIpc) is 2.77. The highest BCUT2D eigenvalue weighted by atomic mass is 16.5. The molecule has 1 heterocycles. The molecule has 0 bridgehead atoms. The lowest BCUT2D eigenvalue weighted by Gasteiger charge is -2.37. The van der Waals surface area contributed by atoms with Crippen LogP contribution >= 0.6 is 0 Å². The van der Waals surface area contributed by atoms with E-state index in [-0.39, 0.29) is 12.0 Å². The molecule has 0 aliphatic carbocycles. The van der Waals surface area contributed by atoms with Crippen molar-refractivity contribution in [1.29, 1.82) is 0 Å². The Balaban J connectivity index is 1.90. The fourth-order valence-corrected chi connectivity index (χ4v) is 2.09. The summed E-state index contributed by atoms with van der Waals surface area (Å²) in [5.74, 6) is 0.884. The van der Waals surface area contributed by atoms with E-state index in [2.05, 4.69) is 11.4 Å². The Labute approximate surface area is 120 Å². The van der Waals surface area contributed by atoms with Crippen molar-refractivity contribution in [3.63, 3.8) is 0 Å².